The van der Waals surface area contributed by atoms with Crippen LogP contribution in [0.3, 0.4) is 0 Å². The van der Waals surface area contributed by atoms with Crippen LogP contribution >= 0.6 is 0 Å². The Hall–Kier alpha value is -2.24. The molecule has 0 bridgehead atoms. The number of benzene rings is 1. The fraction of sp³-hybridized carbons (Fsp3) is 0.0769. The van der Waals surface area contributed by atoms with Crippen molar-refractivity contribution in [2.24, 2.45) is 11.6 Å². The quantitative estimate of drug-likeness (QED) is 0.364. The van der Waals surface area contributed by atoms with E-state index in [1.54, 1.807) is 48.7 Å². The molecule has 0 saturated heterocycles. The summed E-state index contributed by atoms with van der Waals surface area (Å²) in [5.41, 5.74) is 6.93. The van der Waals surface area contributed by atoms with Gasteiger partial charge in [0.15, 0.2) is 0 Å². The summed E-state index contributed by atoms with van der Waals surface area (Å²) in [4.78, 5) is 16.1. The van der Waals surface area contributed by atoms with Gasteiger partial charge >= 0.3 is 0 Å². The van der Waals surface area contributed by atoms with Crippen LogP contribution in [0.15, 0.2) is 54.7 Å². The fourth-order valence-corrected chi connectivity index (χ4v) is 1.55. The molecule has 18 heavy (non-hydrogen) atoms. The van der Waals surface area contributed by atoms with Crippen LogP contribution in [0, 0.1) is 0 Å². The molecule has 0 aliphatic carbocycles. The van der Waals surface area contributed by atoms with Crippen LogP contribution in [-0.2, 0) is 0 Å². The molecular formula is C13H14N4O. The highest BCUT2D eigenvalue weighted by Crippen LogP contribution is 2.12. The largest absolute Gasteiger partial charge is 0.305 e. The average molecular weight is 242 g/mol. The van der Waals surface area contributed by atoms with Crippen LogP contribution in [0.2, 0.25) is 0 Å². The van der Waals surface area contributed by atoms with Crippen molar-refractivity contribution in [1.82, 2.24) is 9.99 Å². The smallest absolute Gasteiger partial charge is 0.269 e. The molecule has 5 nitrogen and oxygen atoms in total. The van der Waals surface area contributed by atoms with Gasteiger partial charge in [-0.1, -0.05) is 24.3 Å². The molecule has 0 radical (unpaired) electrons. The summed E-state index contributed by atoms with van der Waals surface area (Å²) in [7, 11) is 0. The molecule has 0 fully saturated rings. The zero-order chi connectivity index (χ0) is 13.0. The van der Waals surface area contributed by atoms with E-state index in [2.05, 4.69) is 4.98 Å². The van der Waals surface area contributed by atoms with Gasteiger partial charge in [-0.15, -0.1) is 0 Å². The predicted molar refractivity (Wildman–Crippen MR) is 68.0 cm³/mol. The van der Waals surface area contributed by atoms with Crippen molar-refractivity contribution in [3.63, 3.8) is 0 Å². The lowest BCUT2D eigenvalue weighted by Crippen LogP contribution is -2.44. The monoisotopic (exact) mass is 242 g/mol. The topological polar surface area (TPSA) is 85.2 Å². The second-order valence-electron chi connectivity index (χ2n) is 3.78. The molecule has 0 spiro atoms. The molecule has 2 aromatic rings. The second kappa shape index (κ2) is 5.39. The molecule has 1 heterocycles. The van der Waals surface area contributed by atoms with Gasteiger partial charge in [0.25, 0.3) is 5.91 Å². The van der Waals surface area contributed by atoms with Gasteiger partial charge in [0.1, 0.15) is 6.17 Å². The molecule has 1 amide bonds. The Labute approximate surface area is 105 Å². The first-order valence-electron chi connectivity index (χ1n) is 5.50. The predicted octanol–water partition coefficient (Wildman–Crippen LogP) is 1.05. The maximum atomic E-state index is 12.1. The van der Waals surface area contributed by atoms with E-state index in [0.29, 0.717) is 11.3 Å². The Kier molecular flexibility index (Phi) is 3.66. The molecule has 5 heteroatoms. The maximum Gasteiger partial charge on any atom is 0.269 e. The third-order valence-corrected chi connectivity index (χ3v) is 2.55. The van der Waals surface area contributed by atoms with Gasteiger partial charge in [0.2, 0.25) is 0 Å². The molecule has 1 unspecified atom stereocenters. The lowest BCUT2D eigenvalue weighted by atomic mass is 10.2. The van der Waals surface area contributed by atoms with E-state index in [0.717, 1.165) is 5.01 Å². The van der Waals surface area contributed by atoms with Gasteiger partial charge in [-0.3, -0.25) is 14.8 Å². The number of hydrogen-bond donors (Lipinski definition) is 2. The normalized spacial score (nSPS) is 11.9. The third-order valence-electron chi connectivity index (χ3n) is 2.55. The number of carbonyl (C=O) groups is 1. The molecule has 1 aromatic heterocycles. The molecule has 1 aromatic carbocycles. The van der Waals surface area contributed by atoms with Gasteiger partial charge in [0, 0.05) is 11.8 Å². The first kappa shape index (κ1) is 12.2. The maximum absolute atomic E-state index is 12.1. The van der Waals surface area contributed by atoms with E-state index < -0.39 is 6.17 Å². The van der Waals surface area contributed by atoms with Crippen molar-refractivity contribution in [3.05, 3.63) is 66.0 Å². The standard InChI is InChI=1S/C13H14N4O/c14-12(11-8-4-5-9-16-11)17(15)13(18)10-6-2-1-3-7-10/h1-9,12H,14-15H2. The first-order valence-corrected chi connectivity index (χ1v) is 5.50. The van der Waals surface area contributed by atoms with Crippen molar-refractivity contribution in [3.8, 4) is 0 Å². The first-order chi connectivity index (χ1) is 8.70. The Morgan fingerprint density at radius 2 is 1.78 bits per heavy atom. The van der Waals surface area contributed by atoms with Gasteiger partial charge in [0.05, 0.1) is 5.69 Å². The summed E-state index contributed by atoms with van der Waals surface area (Å²) in [5.74, 6) is 5.40. The SMILES string of the molecule is NC(c1ccccn1)N(N)C(=O)c1ccccc1. The number of hydrazine groups is 1. The summed E-state index contributed by atoms with van der Waals surface area (Å²) >= 11 is 0. The van der Waals surface area contributed by atoms with Crippen molar-refractivity contribution >= 4 is 5.91 Å². The molecule has 92 valence electrons. The van der Waals surface area contributed by atoms with Crippen molar-refractivity contribution in [1.29, 1.82) is 0 Å². The molecule has 0 saturated carbocycles. The number of aromatic nitrogens is 1. The lowest BCUT2D eigenvalue weighted by molar-refractivity contribution is 0.0676. The summed E-state index contributed by atoms with van der Waals surface area (Å²) in [6.45, 7) is 0. The summed E-state index contributed by atoms with van der Waals surface area (Å²) in [5, 5.41) is 0.984. The Bertz CT molecular complexity index is 515. The van der Waals surface area contributed by atoms with E-state index in [-0.39, 0.29) is 5.91 Å². The minimum Gasteiger partial charge on any atom is -0.305 e. The van der Waals surface area contributed by atoms with Crippen LogP contribution in [0.25, 0.3) is 0 Å². The van der Waals surface area contributed by atoms with Crippen molar-refractivity contribution < 1.29 is 4.79 Å². The van der Waals surface area contributed by atoms with E-state index in [1.165, 1.54) is 0 Å². The molecule has 2 rings (SSSR count). The summed E-state index contributed by atoms with van der Waals surface area (Å²) < 4.78 is 0. The van der Waals surface area contributed by atoms with Crippen LogP contribution in [0.5, 0.6) is 0 Å². The average Bonchev–Trinajstić information content (AvgIpc) is 2.47. The molecule has 1 atom stereocenters. The Morgan fingerprint density at radius 3 is 2.39 bits per heavy atom. The highest BCUT2D eigenvalue weighted by atomic mass is 16.2. The van der Waals surface area contributed by atoms with Crippen molar-refractivity contribution in [2.45, 2.75) is 6.17 Å². The number of hydrogen-bond acceptors (Lipinski definition) is 4. The van der Waals surface area contributed by atoms with Gasteiger partial charge in [-0.2, -0.15) is 0 Å². The van der Waals surface area contributed by atoms with Crippen LogP contribution in [0.1, 0.15) is 22.2 Å². The number of pyridine rings is 1. The van der Waals surface area contributed by atoms with Crippen LogP contribution in [-0.4, -0.2) is 15.9 Å². The number of amides is 1. The Balaban J connectivity index is 2.17. The number of rotatable bonds is 3. The molecular weight excluding hydrogens is 228 g/mol. The van der Waals surface area contributed by atoms with E-state index in [4.69, 9.17) is 11.6 Å². The van der Waals surface area contributed by atoms with Gasteiger partial charge in [-0.05, 0) is 24.3 Å². The van der Waals surface area contributed by atoms with Crippen LogP contribution < -0.4 is 11.6 Å². The summed E-state index contributed by atoms with van der Waals surface area (Å²) in [6.07, 6.45) is 0.842. The van der Waals surface area contributed by atoms with E-state index >= 15 is 0 Å². The third kappa shape index (κ3) is 2.53. The minimum absolute atomic E-state index is 0.339. The van der Waals surface area contributed by atoms with E-state index in [9.17, 15) is 4.79 Å². The lowest BCUT2D eigenvalue weighted by Gasteiger charge is -2.23. The molecule has 4 N–H and O–H groups in total. The number of nitrogens with two attached hydrogens (primary N) is 2. The highest BCUT2D eigenvalue weighted by molar-refractivity contribution is 5.93. The van der Waals surface area contributed by atoms with E-state index in [1.807, 2.05) is 6.07 Å². The Morgan fingerprint density at radius 1 is 1.11 bits per heavy atom. The van der Waals surface area contributed by atoms with Crippen LogP contribution in [0.4, 0.5) is 0 Å². The second-order valence-corrected chi connectivity index (χ2v) is 3.78. The number of nitrogens with zero attached hydrogens (tertiary/aromatic N) is 2. The fourth-order valence-electron chi connectivity index (χ4n) is 1.55. The zero-order valence-electron chi connectivity index (χ0n) is 9.73. The molecule has 0 aliphatic rings. The summed E-state index contributed by atoms with van der Waals surface area (Å²) in [6, 6.07) is 14.0. The minimum atomic E-state index is -0.765. The highest BCUT2D eigenvalue weighted by Gasteiger charge is 2.20. The molecule has 0 aliphatic heterocycles. The zero-order valence-corrected chi connectivity index (χ0v) is 9.73. The van der Waals surface area contributed by atoms with Gasteiger partial charge in [-0.25, -0.2) is 5.84 Å². The number of carbonyl (C=O) groups excluding carboxylic acids is 1. The van der Waals surface area contributed by atoms with Gasteiger partial charge < -0.3 is 5.73 Å². The van der Waals surface area contributed by atoms with Crippen molar-refractivity contribution in [2.75, 3.05) is 0 Å².